The van der Waals surface area contributed by atoms with Gasteiger partial charge in [0, 0.05) is 12.5 Å². The molecule has 0 bridgehead atoms. The molecule has 2 atom stereocenters. The molecule has 3 rings (SSSR count). The van der Waals surface area contributed by atoms with E-state index in [9.17, 15) is 33.2 Å². The maximum atomic E-state index is 13.0. The number of nitro benzene ring substituents is 1. The van der Waals surface area contributed by atoms with Crippen LogP contribution in [0.4, 0.5) is 5.69 Å². The molecule has 0 aromatic heterocycles. The predicted molar refractivity (Wildman–Crippen MR) is 105 cm³/mol. The largest absolute Gasteiger partial charge is 0.480 e. The van der Waals surface area contributed by atoms with Crippen molar-refractivity contribution in [3.8, 4) is 0 Å². The molecule has 1 aliphatic heterocycles. The van der Waals surface area contributed by atoms with Gasteiger partial charge in [-0.3, -0.25) is 14.9 Å². The zero-order chi connectivity index (χ0) is 22.1. The van der Waals surface area contributed by atoms with Crippen molar-refractivity contribution in [3.63, 3.8) is 0 Å². The molecule has 11 heteroatoms. The van der Waals surface area contributed by atoms with E-state index >= 15 is 0 Å². The fourth-order valence-electron chi connectivity index (χ4n) is 3.40. The van der Waals surface area contributed by atoms with Gasteiger partial charge in [0.15, 0.2) is 4.90 Å². The van der Waals surface area contributed by atoms with Gasteiger partial charge >= 0.3 is 5.97 Å². The van der Waals surface area contributed by atoms with E-state index in [0.717, 1.165) is 17.0 Å². The second-order valence-electron chi connectivity index (χ2n) is 7.02. The van der Waals surface area contributed by atoms with Crippen molar-refractivity contribution < 1.29 is 28.0 Å². The van der Waals surface area contributed by atoms with Gasteiger partial charge < -0.3 is 10.0 Å². The lowest BCUT2D eigenvalue weighted by Crippen LogP contribution is -2.77. The Kier molecular flexibility index (Phi) is 5.59. The number of hydrogen-bond acceptors (Lipinski definition) is 6. The molecule has 1 heterocycles. The third-order valence-corrected chi connectivity index (χ3v) is 6.55. The number of nitrogens with one attached hydrogen (secondary N) is 1. The second-order valence-corrected chi connectivity index (χ2v) is 8.67. The van der Waals surface area contributed by atoms with Crippen molar-refractivity contribution in [2.24, 2.45) is 0 Å². The van der Waals surface area contributed by atoms with Crippen LogP contribution in [0, 0.1) is 10.1 Å². The van der Waals surface area contributed by atoms with E-state index in [2.05, 4.69) is 4.72 Å². The average Bonchev–Trinajstić information content (AvgIpc) is 2.71. The zero-order valence-corrected chi connectivity index (χ0v) is 16.7. The summed E-state index contributed by atoms with van der Waals surface area (Å²) in [6.45, 7) is 1.14. The molecule has 10 nitrogen and oxygen atoms in total. The third kappa shape index (κ3) is 3.89. The van der Waals surface area contributed by atoms with E-state index in [1.165, 1.54) is 19.1 Å². The number of sulfonamides is 1. The lowest BCUT2D eigenvalue weighted by molar-refractivity contribution is -0.387. The molecule has 30 heavy (non-hydrogen) atoms. The predicted octanol–water partition coefficient (Wildman–Crippen LogP) is 1.17. The van der Waals surface area contributed by atoms with Crippen LogP contribution in [0.15, 0.2) is 59.5 Å². The number of likely N-dealkylation sites (tertiary alicyclic amines) is 1. The van der Waals surface area contributed by atoms with Crippen LogP contribution in [0.2, 0.25) is 0 Å². The molecule has 2 aromatic rings. The number of nitro groups is 1. The SMILES string of the molecule is C[C@H](C(=O)O)N1C[C@](Cc2ccccc2)(NS(=O)(=O)c2ccccc2[N+](=O)[O-])C1=O. The summed E-state index contributed by atoms with van der Waals surface area (Å²) >= 11 is 0. The lowest BCUT2D eigenvalue weighted by atomic mass is 9.82. The van der Waals surface area contributed by atoms with E-state index in [1.54, 1.807) is 30.3 Å². The molecule has 1 amide bonds. The van der Waals surface area contributed by atoms with Crippen molar-refractivity contribution >= 4 is 27.6 Å². The molecule has 0 unspecified atom stereocenters. The highest BCUT2D eigenvalue weighted by molar-refractivity contribution is 7.89. The Labute approximate surface area is 172 Å². The summed E-state index contributed by atoms with van der Waals surface area (Å²) in [5, 5.41) is 20.5. The van der Waals surface area contributed by atoms with E-state index in [4.69, 9.17) is 0 Å². The fourth-order valence-corrected chi connectivity index (χ4v) is 4.92. The number of aliphatic carboxylic acids is 1. The summed E-state index contributed by atoms with van der Waals surface area (Å²) in [5.74, 6) is -1.93. The van der Waals surface area contributed by atoms with Crippen LogP contribution in [0.1, 0.15) is 12.5 Å². The number of carboxylic acids is 1. The Morgan fingerprint density at radius 2 is 1.83 bits per heavy atom. The molecule has 1 aliphatic rings. The lowest BCUT2D eigenvalue weighted by Gasteiger charge is -2.50. The summed E-state index contributed by atoms with van der Waals surface area (Å²) in [4.78, 5) is 35.2. The van der Waals surface area contributed by atoms with Crippen LogP contribution < -0.4 is 4.72 Å². The number of rotatable bonds is 8. The van der Waals surface area contributed by atoms with Gasteiger partial charge in [0.05, 0.1) is 11.5 Å². The molecule has 1 saturated heterocycles. The molecule has 0 aliphatic carbocycles. The number of carbonyl (C=O) groups is 2. The van der Waals surface area contributed by atoms with Crippen LogP contribution in [-0.2, 0) is 26.0 Å². The van der Waals surface area contributed by atoms with Gasteiger partial charge in [-0.1, -0.05) is 42.5 Å². The topological polar surface area (TPSA) is 147 Å². The molecular weight excluding hydrogens is 414 g/mol. The Morgan fingerprint density at radius 3 is 2.40 bits per heavy atom. The number of β-lactam (4-membered cyclic amide) rings is 1. The minimum Gasteiger partial charge on any atom is -0.480 e. The van der Waals surface area contributed by atoms with Gasteiger partial charge in [-0.15, -0.1) is 0 Å². The van der Waals surface area contributed by atoms with Crippen molar-refractivity contribution in [3.05, 3.63) is 70.3 Å². The molecule has 0 saturated carbocycles. The van der Waals surface area contributed by atoms with Crippen molar-refractivity contribution in [1.82, 2.24) is 9.62 Å². The van der Waals surface area contributed by atoms with Gasteiger partial charge in [-0.2, -0.15) is 4.72 Å². The number of carboxylic acid groups (broad SMARTS) is 1. The number of amides is 1. The highest BCUT2D eigenvalue weighted by Gasteiger charge is 2.57. The Hall–Kier alpha value is -3.31. The molecule has 158 valence electrons. The molecule has 2 aromatic carbocycles. The maximum absolute atomic E-state index is 13.0. The summed E-state index contributed by atoms with van der Waals surface area (Å²) in [5.41, 5.74) is -1.62. The minimum atomic E-state index is -4.46. The first-order valence-corrected chi connectivity index (χ1v) is 10.4. The summed E-state index contributed by atoms with van der Waals surface area (Å²) in [6, 6.07) is 12.3. The molecule has 0 spiro atoms. The number of hydrogen-bond donors (Lipinski definition) is 2. The number of para-hydroxylation sites is 1. The smallest absolute Gasteiger partial charge is 0.326 e. The maximum Gasteiger partial charge on any atom is 0.326 e. The summed E-state index contributed by atoms with van der Waals surface area (Å²) in [6.07, 6.45) is -0.0324. The number of carbonyl (C=O) groups excluding carboxylic acids is 1. The Balaban J connectivity index is 1.99. The van der Waals surface area contributed by atoms with E-state index < -0.39 is 49.0 Å². The minimum absolute atomic E-state index is 0.0324. The number of benzene rings is 2. The second kappa shape index (κ2) is 7.84. The molecule has 2 N–H and O–H groups in total. The van der Waals surface area contributed by atoms with E-state index in [0.29, 0.717) is 5.56 Å². The van der Waals surface area contributed by atoms with Gasteiger partial charge in [-0.25, -0.2) is 13.2 Å². The van der Waals surface area contributed by atoms with Crippen LogP contribution in [-0.4, -0.2) is 53.3 Å². The zero-order valence-electron chi connectivity index (χ0n) is 15.9. The first kappa shape index (κ1) is 21.4. The number of nitrogens with zero attached hydrogens (tertiary/aromatic N) is 2. The van der Waals surface area contributed by atoms with E-state index in [-0.39, 0.29) is 13.0 Å². The summed E-state index contributed by atoms with van der Waals surface area (Å²) < 4.78 is 28.3. The normalized spacial score (nSPS) is 19.8. The highest BCUT2D eigenvalue weighted by atomic mass is 32.2. The van der Waals surface area contributed by atoms with Crippen LogP contribution in [0.5, 0.6) is 0 Å². The van der Waals surface area contributed by atoms with Crippen LogP contribution in [0.25, 0.3) is 0 Å². The van der Waals surface area contributed by atoms with E-state index in [1.807, 2.05) is 0 Å². The average molecular weight is 433 g/mol. The van der Waals surface area contributed by atoms with Gasteiger partial charge in [0.25, 0.3) is 5.69 Å². The quantitative estimate of drug-likeness (QED) is 0.361. The summed E-state index contributed by atoms with van der Waals surface area (Å²) in [7, 11) is -4.46. The molecular formula is C19H19N3O7S. The first-order chi connectivity index (χ1) is 14.1. The van der Waals surface area contributed by atoms with Gasteiger partial charge in [0.1, 0.15) is 11.6 Å². The fraction of sp³-hybridized carbons (Fsp3) is 0.263. The van der Waals surface area contributed by atoms with Gasteiger partial charge in [-0.05, 0) is 18.6 Å². The van der Waals surface area contributed by atoms with Crippen molar-refractivity contribution in [2.75, 3.05) is 6.54 Å². The Bertz CT molecular complexity index is 1100. The highest BCUT2D eigenvalue weighted by Crippen LogP contribution is 2.32. The standard InChI is InChI=1S/C19H19N3O7S/c1-13(17(23)24)21-12-19(18(21)25,11-14-7-3-2-4-8-14)20-30(28,29)16-10-6-5-9-15(16)22(26)27/h2-10,13,20H,11-12H2,1H3,(H,23,24)/t13-,19+/m1/s1. The molecule has 1 fully saturated rings. The third-order valence-electron chi connectivity index (χ3n) is 4.97. The first-order valence-electron chi connectivity index (χ1n) is 8.92. The van der Waals surface area contributed by atoms with Crippen LogP contribution in [0.3, 0.4) is 0 Å². The van der Waals surface area contributed by atoms with Crippen molar-refractivity contribution in [1.29, 1.82) is 0 Å². The van der Waals surface area contributed by atoms with Crippen LogP contribution >= 0.6 is 0 Å². The molecule has 0 radical (unpaired) electrons. The van der Waals surface area contributed by atoms with Gasteiger partial charge in [0.2, 0.25) is 15.9 Å². The monoisotopic (exact) mass is 433 g/mol. The Morgan fingerprint density at radius 1 is 1.23 bits per heavy atom. The van der Waals surface area contributed by atoms with Crippen molar-refractivity contribution in [2.45, 2.75) is 29.8 Å².